The van der Waals surface area contributed by atoms with Gasteiger partial charge in [-0.2, -0.15) is 0 Å². The quantitative estimate of drug-likeness (QED) is 0.792. The van der Waals surface area contributed by atoms with Crippen molar-refractivity contribution in [3.63, 3.8) is 0 Å². The lowest BCUT2D eigenvalue weighted by Crippen LogP contribution is -2.66. The molecule has 0 bridgehead atoms. The van der Waals surface area contributed by atoms with Crippen LogP contribution in [0.5, 0.6) is 0 Å². The molecule has 1 N–H and O–H groups in total. The van der Waals surface area contributed by atoms with E-state index in [0.29, 0.717) is 17.8 Å². The maximum Gasteiger partial charge on any atom is 0.261 e. The zero-order valence-electron chi connectivity index (χ0n) is 16.1. The Morgan fingerprint density at radius 2 is 1.38 bits per heavy atom. The molecule has 0 amide bonds. The Bertz CT molecular complexity index is 698. The van der Waals surface area contributed by atoms with Gasteiger partial charge in [0, 0.05) is 6.61 Å². The average molecular weight is 367 g/mol. The highest BCUT2D eigenvalue weighted by Gasteiger charge is 2.55. The van der Waals surface area contributed by atoms with Crippen LogP contribution < -0.4 is 10.4 Å². The molecule has 2 fully saturated rings. The molecule has 2 aromatic carbocycles. The molecule has 2 aromatic rings. The highest BCUT2D eigenvalue weighted by atomic mass is 28.4. The van der Waals surface area contributed by atoms with Gasteiger partial charge in [-0.05, 0) is 46.0 Å². The van der Waals surface area contributed by atoms with Gasteiger partial charge in [-0.25, -0.2) is 0 Å². The van der Waals surface area contributed by atoms with Crippen molar-refractivity contribution in [2.45, 2.75) is 44.8 Å². The van der Waals surface area contributed by atoms with Crippen molar-refractivity contribution in [3.8, 4) is 0 Å². The van der Waals surface area contributed by atoms with Gasteiger partial charge in [0.25, 0.3) is 8.32 Å². The summed E-state index contributed by atoms with van der Waals surface area (Å²) in [4.78, 5) is 0. The first-order valence-corrected chi connectivity index (χ1v) is 11.8. The normalized spacial score (nSPS) is 28.0. The summed E-state index contributed by atoms with van der Waals surface area (Å²) < 4.78 is 6.99. The summed E-state index contributed by atoms with van der Waals surface area (Å²) in [5, 5.41) is 12.5. The number of aliphatic hydroxyl groups excluding tert-OH is 1. The highest BCUT2D eigenvalue weighted by Crippen LogP contribution is 2.55. The Hall–Kier alpha value is -1.42. The van der Waals surface area contributed by atoms with Crippen LogP contribution in [0.25, 0.3) is 0 Å². The van der Waals surface area contributed by atoms with Crippen LogP contribution in [0.4, 0.5) is 0 Å². The molecule has 0 heterocycles. The highest BCUT2D eigenvalue weighted by molar-refractivity contribution is 6.99. The van der Waals surface area contributed by atoms with Gasteiger partial charge in [0.05, 0.1) is 6.10 Å². The molecule has 0 saturated heterocycles. The zero-order chi connectivity index (χ0) is 18.4. The Kier molecular flexibility index (Phi) is 4.58. The van der Waals surface area contributed by atoms with E-state index < -0.39 is 8.32 Å². The van der Waals surface area contributed by atoms with Crippen LogP contribution in [0.15, 0.2) is 60.7 Å². The minimum absolute atomic E-state index is 0.0409. The van der Waals surface area contributed by atoms with Crippen LogP contribution in [0.1, 0.15) is 33.6 Å². The average Bonchev–Trinajstić information content (AvgIpc) is 3.53. The van der Waals surface area contributed by atoms with Crippen molar-refractivity contribution < 1.29 is 9.53 Å². The molecule has 3 heteroatoms. The third-order valence-corrected chi connectivity index (χ3v) is 11.3. The minimum Gasteiger partial charge on any atom is -0.407 e. The zero-order valence-corrected chi connectivity index (χ0v) is 17.1. The van der Waals surface area contributed by atoms with E-state index in [0.717, 1.165) is 13.0 Å². The molecule has 2 aliphatic carbocycles. The van der Waals surface area contributed by atoms with Gasteiger partial charge < -0.3 is 9.53 Å². The molecule has 2 saturated carbocycles. The third-order valence-electron chi connectivity index (χ3n) is 6.26. The largest absolute Gasteiger partial charge is 0.407 e. The molecule has 138 valence electrons. The fraction of sp³-hybridized carbons (Fsp3) is 0.478. The summed E-state index contributed by atoms with van der Waals surface area (Å²) in [7, 11) is -2.40. The molecule has 0 radical (unpaired) electrons. The van der Waals surface area contributed by atoms with Gasteiger partial charge in [-0.15, -0.1) is 0 Å². The molecule has 0 aromatic heterocycles. The summed E-state index contributed by atoms with van der Waals surface area (Å²) in [6.07, 6.45) is 2.18. The molecule has 0 unspecified atom stereocenters. The van der Waals surface area contributed by atoms with E-state index in [9.17, 15) is 5.11 Å². The fourth-order valence-corrected chi connectivity index (χ4v) is 9.26. The second kappa shape index (κ2) is 6.63. The number of aliphatic hydroxyl groups is 1. The first kappa shape index (κ1) is 18.0. The molecular formula is C23H30O2Si. The van der Waals surface area contributed by atoms with E-state index in [2.05, 4.69) is 81.4 Å². The molecule has 0 spiro atoms. The number of benzene rings is 2. The third kappa shape index (κ3) is 3.17. The Balaban J connectivity index is 1.66. The molecule has 4 atom stereocenters. The van der Waals surface area contributed by atoms with Crippen molar-refractivity contribution >= 4 is 18.7 Å². The Labute approximate surface area is 158 Å². The van der Waals surface area contributed by atoms with Crippen LogP contribution in [0.2, 0.25) is 5.04 Å². The number of rotatable bonds is 6. The molecular weight excluding hydrogens is 336 g/mol. The first-order chi connectivity index (χ1) is 12.4. The number of hydrogen-bond acceptors (Lipinski definition) is 2. The van der Waals surface area contributed by atoms with E-state index >= 15 is 0 Å². The van der Waals surface area contributed by atoms with Crippen molar-refractivity contribution in [2.24, 2.45) is 17.8 Å². The monoisotopic (exact) mass is 366 g/mol. The van der Waals surface area contributed by atoms with Crippen molar-refractivity contribution in [2.75, 3.05) is 6.61 Å². The predicted octanol–water partition coefficient (Wildman–Crippen LogP) is 3.58. The van der Waals surface area contributed by atoms with Crippen molar-refractivity contribution in [1.82, 2.24) is 0 Å². The van der Waals surface area contributed by atoms with E-state index in [1.807, 2.05) is 0 Å². The van der Waals surface area contributed by atoms with Gasteiger partial charge in [-0.1, -0.05) is 81.4 Å². The minimum atomic E-state index is -2.40. The SMILES string of the molecule is CC(C)(C)[Si](OC[C@@H]1C[C@@H]1[C@@H]1C[C@@H]1O)(c1ccccc1)c1ccccc1. The van der Waals surface area contributed by atoms with E-state index in [1.54, 1.807) is 0 Å². The summed E-state index contributed by atoms with van der Waals surface area (Å²) in [5.41, 5.74) is 0. The summed E-state index contributed by atoms with van der Waals surface area (Å²) in [5.74, 6) is 1.85. The lowest BCUT2D eigenvalue weighted by molar-refractivity contribution is 0.240. The standard InChI is InChI=1S/C23H30O2Si/c1-23(2,3)26(18-10-6-4-7-11-18,19-12-8-5-9-13-19)25-16-17-14-20(17)21-15-22(21)24/h4-13,17,20-22,24H,14-16H2,1-3H3/t17-,20-,21-,22-/m0/s1. The smallest absolute Gasteiger partial charge is 0.261 e. The maximum absolute atomic E-state index is 9.74. The predicted molar refractivity (Wildman–Crippen MR) is 109 cm³/mol. The second-order valence-electron chi connectivity index (χ2n) is 9.10. The summed E-state index contributed by atoms with van der Waals surface area (Å²) in [6, 6.07) is 21.7. The molecule has 2 nitrogen and oxygen atoms in total. The number of hydrogen-bond donors (Lipinski definition) is 1. The Morgan fingerprint density at radius 1 is 0.885 bits per heavy atom. The van der Waals surface area contributed by atoms with Gasteiger partial charge in [0.1, 0.15) is 0 Å². The second-order valence-corrected chi connectivity index (χ2v) is 13.4. The first-order valence-electron chi connectivity index (χ1n) is 9.86. The van der Waals surface area contributed by atoms with Crippen LogP contribution in [-0.2, 0) is 4.43 Å². The van der Waals surface area contributed by atoms with Gasteiger partial charge >= 0.3 is 0 Å². The van der Waals surface area contributed by atoms with Crippen LogP contribution in [-0.4, -0.2) is 26.1 Å². The molecule has 0 aliphatic heterocycles. The van der Waals surface area contributed by atoms with Gasteiger partial charge in [-0.3, -0.25) is 0 Å². The van der Waals surface area contributed by atoms with E-state index in [4.69, 9.17) is 4.43 Å². The lowest BCUT2D eigenvalue weighted by atomic mass is 10.2. The topological polar surface area (TPSA) is 29.5 Å². The van der Waals surface area contributed by atoms with Crippen LogP contribution >= 0.6 is 0 Å². The van der Waals surface area contributed by atoms with Crippen molar-refractivity contribution in [1.29, 1.82) is 0 Å². The van der Waals surface area contributed by atoms with Crippen LogP contribution in [0, 0.1) is 17.8 Å². The molecule has 4 rings (SSSR count). The molecule has 26 heavy (non-hydrogen) atoms. The van der Waals surface area contributed by atoms with Crippen LogP contribution in [0.3, 0.4) is 0 Å². The maximum atomic E-state index is 9.74. The fourth-order valence-electron chi connectivity index (χ4n) is 4.64. The molecule has 2 aliphatic rings. The van der Waals surface area contributed by atoms with Crippen molar-refractivity contribution in [3.05, 3.63) is 60.7 Å². The summed E-state index contributed by atoms with van der Waals surface area (Å²) >= 11 is 0. The lowest BCUT2D eigenvalue weighted by Gasteiger charge is -2.43. The van der Waals surface area contributed by atoms with Gasteiger partial charge in [0.15, 0.2) is 0 Å². The van der Waals surface area contributed by atoms with E-state index in [1.165, 1.54) is 16.8 Å². The Morgan fingerprint density at radius 3 is 1.81 bits per heavy atom. The van der Waals surface area contributed by atoms with E-state index in [-0.39, 0.29) is 11.1 Å². The van der Waals surface area contributed by atoms with Gasteiger partial charge in [0.2, 0.25) is 0 Å². The summed E-state index contributed by atoms with van der Waals surface area (Å²) in [6.45, 7) is 7.80.